The van der Waals surface area contributed by atoms with Gasteiger partial charge in [-0.25, -0.2) is 0 Å². The summed E-state index contributed by atoms with van der Waals surface area (Å²) >= 11 is 0. The van der Waals surface area contributed by atoms with Gasteiger partial charge in [0.05, 0.1) is 18.8 Å². The molecule has 41 heavy (non-hydrogen) atoms. The summed E-state index contributed by atoms with van der Waals surface area (Å²) in [6.07, 6.45) is 40.8. The minimum atomic E-state index is -0.661. The largest absolute Gasteiger partial charge is 0.394 e. The lowest BCUT2D eigenvalue weighted by molar-refractivity contribution is -0.123. The molecule has 0 aromatic heterocycles. The van der Waals surface area contributed by atoms with Crippen LogP contribution in [-0.4, -0.2) is 34.9 Å². The second-order valence-corrected chi connectivity index (χ2v) is 12.3. The molecule has 0 rings (SSSR count). The Labute approximate surface area is 256 Å². The molecule has 0 aromatic rings. The Kier molecular flexibility index (Phi) is 32.5. The predicted molar refractivity (Wildman–Crippen MR) is 179 cm³/mol. The van der Waals surface area contributed by atoms with Crippen molar-refractivity contribution in [3.63, 3.8) is 0 Å². The summed E-state index contributed by atoms with van der Waals surface area (Å²) in [6, 6.07) is -0.539. The van der Waals surface area contributed by atoms with Crippen LogP contribution < -0.4 is 5.32 Å². The first kappa shape index (κ1) is 39.9. The fourth-order valence-electron chi connectivity index (χ4n) is 5.40. The molecule has 0 fully saturated rings. The maximum atomic E-state index is 12.3. The van der Waals surface area contributed by atoms with Crippen molar-refractivity contribution in [2.24, 2.45) is 0 Å². The third-order valence-corrected chi connectivity index (χ3v) is 8.20. The molecule has 0 bridgehead atoms. The number of aliphatic hydroxyl groups is 2. The van der Waals surface area contributed by atoms with Gasteiger partial charge in [-0.3, -0.25) is 4.79 Å². The van der Waals surface area contributed by atoms with Crippen LogP contribution in [0.15, 0.2) is 24.3 Å². The van der Waals surface area contributed by atoms with Gasteiger partial charge in [-0.15, -0.1) is 0 Å². The summed E-state index contributed by atoms with van der Waals surface area (Å²) in [6.45, 7) is 4.28. The van der Waals surface area contributed by atoms with Crippen molar-refractivity contribution in [2.75, 3.05) is 6.61 Å². The monoisotopic (exact) mass is 578 g/mol. The van der Waals surface area contributed by atoms with Gasteiger partial charge in [0.1, 0.15) is 0 Å². The van der Waals surface area contributed by atoms with E-state index in [0.29, 0.717) is 12.8 Å². The zero-order valence-electron chi connectivity index (χ0n) is 27.6. The first-order valence-corrected chi connectivity index (χ1v) is 18.0. The molecule has 2 atom stereocenters. The lowest BCUT2D eigenvalue weighted by Crippen LogP contribution is -2.45. The van der Waals surface area contributed by atoms with Crippen LogP contribution in [0.2, 0.25) is 0 Å². The number of allylic oxidation sites excluding steroid dienone is 4. The highest BCUT2D eigenvalue weighted by atomic mass is 16.3. The molecule has 2 unspecified atom stereocenters. The van der Waals surface area contributed by atoms with Crippen molar-refractivity contribution < 1.29 is 15.0 Å². The lowest BCUT2D eigenvalue weighted by Gasteiger charge is -2.22. The highest BCUT2D eigenvalue weighted by molar-refractivity contribution is 5.76. The molecule has 1 amide bonds. The zero-order chi connectivity index (χ0) is 30.1. The quantitative estimate of drug-likeness (QED) is 0.0550. The molecule has 0 aliphatic carbocycles. The molecule has 4 heteroatoms. The van der Waals surface area contributed by atoms with E-state index in [1.165, 1.54) is 116 Å². The molecular formula is C37H71NO3. The second kappa shape index (κ2) is 33.4. The molecule has 0 spiro atoms. The Bertz CT molecular complexity index is 589. The fourth-order valence-corrected chi connectivity index (χ4v) is 5.40. The number of carbonyl (C=O) groups is 1. The van der Waals surface area contributed by atoms with Crippen LogP contribution in [0, 0.1) is 0 Å². The number of aliphatic hydroxyl groups excluding tert-OH is 2. The van der Waals surface area contributed by atoms with Crippen LogP contribution >= 0.6 is 0 Å². The summed E-state index contributed by atoms with van der Waals surface area (Å²) in [5, 5.41) is 23.0. The summed E-state index contributed by atoms with van der Waals surface area (Å²) in [5.74, 6) is -0.0471. The van der Waals surface area contributed by atoms with E-state index >= 15 is 0 Å². The van der Waals surface area contributed by atoms with Gasteiger partial charge in [0.25, 0.3) is 0 Å². The van der Waals surface area contributed by atoms with Crippen LogP contribution in [0.3, 0.4) is 0 Å². The van der Waals surface area contributed by atoms with Gasteiger partial charge in [0, 0.05) is 6.42 Å². The average Bonchev–Trinajstić information content (AvgIpc) is 2.97. The Morgan fingerprint density at radius 3 is 1.56 bits per heavy atom. The van der Waals surface area contributed by atoms with Crippen molar-refractivity contribution >= 4 is 5.91 Å². The van der Waals surface area contributed by atoms with Gasteiger partial charge >= 0.3 is 0 Å². The summed E-state index contributed by atoms with van der Waals surface area (Å²) in [4.78, 5) is 12.3. The van der Waals surface area contributed by atoms with Gasteiger partial charge in [0.2, 0.25) is 5.91 Å². The average molecular weight is 578 g/mol. The number of hydrogen-bond donors (Lipinski definition) is 3. The SMILES string of the molecule is CCC/C=C\C/C=C\CCCCCCCC(=O)NC(CO)C(O)CCCCCCCCCCCCCCCCCC. The van der Waals surface area contributed by atoms with Crippen molar-refractivity contribution in [3.8, 4) is 0 Å². The van der Waals surface area contributed by atoms with E-state index in [4.69, 9.17) is 0 Å². The van der Waals surface area contributed by atoms with E-state index < -0.39 is 12.1 Å². The lowest BCUT2D eigenvalue weighted by atomic mass is 10.0. The van der Waals surface area contributed by atoms with Crippen LogP contribution in [-0.2, 0) is 4.79 Å². The topological polar surface area (TPSA) is 69.6 Å². The van der Waals surface area contributed by atoms with Gasteiger partial charge in [-0.1, -0.05) is 167 Å². The van der Waals surface area contributed by atoms with Gasteiger partial charge in [-0.05, 0) is 38.5 Å². The fraction of sp³-hybridized carbons (Fsp3) is 0.865. The van der Waals surface area contributed by atoms with Crippen LogP contribution in [0.4, 0.5) is 0 Å². The molecule has 242 valence electrons. The number of rotatable bonds is 32. The minimum Gasteiger partial charge on any atom is -0.394 e. The van der Waals surface area contributed by atoms with E-state index in [2.05, 4.69) is 43.5 Å². The third kappa shape index (κ3) is 30.1. The third-order valence-electron chi connectivity index (χ3n) is 8.20. The van der Waals surface area contributed by atoms with Crippen molar-refractivity contribution in [1.82, 2.24) is 5.32 Å². The van der Waals surface area contributed by atoms with Crippen molar-refractivity contribution in [1.29, 1.82) is 0 Å². The van der Waals surface area contributed by atoms with Crippen molar-refractivity contribution in [2.45, 2.75) is 199 Å². The van der Waals surface area contributed by atoms with Gasteiger partial charge < -0.3 is 15.5 Å². The number of amides is 1. The van der Waals surface area contributed by atoms with Crippen LogP contribution in [0.25, 0.3) is 0 Å². The molecule has 0 radical (unpaired) electrons. The molecular weight excluding hydrogens is 506 g/mol. The Morgan fingerprint density at radius 2 is 1.05 bits per heavy atom. The van der Waals surface area contributed by atoms with Crippen LogP contribution in [0.5, 0.6) is 0 Å². The normalized spacial score (nSPS) is 13.4. The molecule has 0 aromatic carbocycles. The Morgan fingerprint density at radius 1 is 0.585 bits per heavy atom. The van der Waals surface area contributed by atoms with Crippen molar-refractivity contribution in [3.05, 3.63) is 24.3 Å². The summed E-state index contributed by atoms with van der Waals surface area (Å²) in [7, 11) is 0. The Balaban J connectivity index is 3.58. The maximum Gasteiger partial charge on any atom is 0.220 e. The molecule has 4 nitrogen and oxygen atoms in total. The molecule has 0 heterocycles. The molecule has 0 saturated heterocycles. The molecule has 0 saturated carbocycles. The Hall–Kier alpha value is -1.13. The second-order valence-electron chi connectivity index (χ2n) is 12.3. The number of hydrogen-bond acceptors (Lipinski definition) is 3. The van der Waals surface area contributed by atoms with E-state index in [9.17, 15) is 15.0 Å². The summed E-state index contributed by atoms with van der Waals surface area (Å²) < 4.78 is 0. The minimum absolute atomic E-state index is 0.0471. The smallest absolute Gasteiger partial charge is 0.220 e. The predicted octanol–water partition coefficient (Wildman–Crippen LogP) is 10.5. The van der Waals surface area contributed by atoms with E-state index in [0.717, 1.165) is 44.9 Å². The van der Waals surface area contributed by atoms with Gasteiger partial charge in [-0.2, -0.15) is 0 Å². The number of nitrogens with one attached hydrogen (secondary N) is 1. The first-order valence-electron chi connectivity index (χ1n) is 18.0. The first-order chi connectivity index (χ1) is 20.2. The summed E-state index contributed by atoms with van der Waals surface area (Å²) in [5.41, 5.74) is 0. The highest BCUT2D eigenvalue weighted by Gasteiger charge is 2.19. The highest BCUT2D eigenvalue weighted by Crippen LogP contribution is 2.15. The number of unbranched alkanes of at least 4 members (excludes halogenated alkanes) is 21. The number of carbonyl (C=O) groups excluding carboxylic acids is 1. The molecule has 0 aliphatic rings. The molecule has 3 N–H and O–H groups in total. The standard InChI is InChI=1S/C37H71NO3/c1-3-5-7-9-11-13-15-17-18-19-21-22-24-26-28-30-32-36(40)35(34-39)38-37(41)33-31-29-27-25-23-20-16-14-12-10-8-6-4-2/h8,10,14,16,35-36,39-40H,3-7,9,11-13,15,17-34H2,1-2H3,(H,38,41)/b10-8-,16-14-. The molecule has 0 aliphatic heterocycles. The maximum absolute atomic E-state index is 12.3. The van der Waals surface area contributed by atoms with Crippen LogP contribution in [0.1, 0.15) is 187 Å². The zero-order valence-corrected chi connectivity index (χ0v) is 27.6. The van der Waals surface area contributed by atoms with E-state index in [-0.39, 0.29) is 12.5 Å². The van der Waals surface area contributed by atoms with E-state index in [1.807, 2.05) is 0 Å². The van der Waals surface area contributed by atoms with Gasteiger partial charge in [0.15, 0.2) is 0 Å². The van der Waals surface area contributed by atoms with E-state index in [1.54, 1.807) is 0 Å².